The van der Waals surface area contributed by atoms with Crippen molar-refractivity contribution in [3.05, 3.63) is 85.1 Å². The zero-order valence-electron chi connectivity index (χ0n) is 55.4. The van der Waals surface area contributed by atoms with Crippen LogP contribution < -0.4 is 5.32 Å². The Morgan fingerprint density at radius 1 is 0.412 bits per heavy atom. The first-order valence-electron chi connectivity index (χ1n) is 36.3. The smallest absolute Gasteiger partial charge is 0.220 e. The molecule has 0 spiro atoms. The zero-order valence-corrected chi connectivity index (χ0v) is 55.4. The third-order valence-corrected chi connectivity index (χ3v) is 17.0. The quantitative estimate of drug-likeness (QED) is 0.0261. The molecule has 1 saturated heterocycles. The van der Waals surface area contributed by atoms with Crippen LogP contribution >= 0.6 is 0 Å². The van der Waals surface area contributed by atoms with Crippen molar-refractivity contribution in [1.82, 2.24) is 5.32 Å². The predicted octanol–water partition coefficient (Wildman–Crippen LogP) is 20.1. The first-order valence-corrected chi connectivity index (χ1v) is 36.3. The average molecular weight is 1190 g/mol. The lowest BCUT2D eigenvalue weighted by atomic mass is 9.99. The van der Waals surface area contributed by atoms with Gasteiger partial charge in [-0.1, -0.05) is 343 Å². The molecule has 7 atom stereocenters. The van der Waals surface area contributed by atoms with E-state index < -0.39 is 49.5 Å². The number of nitrogens with one attached hydrogen (secondary N) is 1. The number of allylic oxidation sites excluding steroid dienone is 14. The number of unbranched alkanes of at least 4 members (excludes halogenated alkanes) is 39. The molecule has 494 valence electrons. The van der Waals surface area contributed by atoms with Crippen molar-refractivity contribution in [2.75, 3.05) is 13.2 Å². The molecule has 0 aromatic rings. The van der Waals surface area contributed by atoms with Crippen molar-refractivity contribution < 1.29 is 39.8 Å². The highest BCUT2D eigenvalue weighted by atomic mass is 16.7. The molecule has 7 unspecified atom stereocenters. The summed E-state index contributed by atoms with van der Waals surface area (Å²) < 4.78 is 11.4. The Labute approximate surface area is 524 Å². The maximum Gasteiger partial charge on any atom is 0.220 e. The molecule has 1 aliphatic heterocycles. The second kappa shape index (κ2) is 64.4. The van der Waals surface area contributed by atoms with Crippen LogP contribution in [0, 0.1) is 0 Å². The molecule has 1 fully saturated rings. The minimum atomic E-state index is -1.56. The number of ether oxygens (including phenoxy) is 2. The number of carbonyl (C=O) groups excluding carboxylic acids is 1. The van der Waals surface area contributed by atoms with Crippen LogP contribution in [0.25, 0.3) is 0 Å². The molecule has 9 heteroatoms. The van der Waals surface area contributed by atoms with Crippen molar-refractivity contribution in [2.24, 2.45) is 0 Å². The van der Waals surface area contributed by atoms with Gasteiger partial charge in [-0.25, -0.2) is 0 Å². The highest BCUT2D eigenvalue weighted by Crippen LogP contribution is 2.24. The van der Waals surface area contributed by atoms with E-state index in [1.807, 2.05) is 0 Å². The number of hydrogen-bond acceptors (Lipinski definition) is 8. The summed E-state index contributed by atoms with van der Waals surface area (Å²) in [7, 11) is 0. The molecule has 1 heterocycles. The van der Waals surface area contributed by atoms with Crippen LogP contribution in [0.5, 0.6) is 0 Å². The Morgan fingerprint density at radius 3 is 1.08 bits per heavy atom. The number of aliphatic hydroxyl groups is 5. The molecule has 0 saturated carbocycles. The number of hydrogen-bond donors (Lipinski definition) is 6. The van der Waals surface area contributed by atoms with Gasteiger partial charge in [0.15, 0.2) is 6.29 Å². The SMILES string of the molecule is CC/C=C\C/C=C\C/C=C\C/C=C\C/C=C\C/C=C\C/C=C\CCCCCCCCCCCCCCCC(=O)NC(COC1OC(CO)C(O)C(O)C1O)C(O)CCCCCCCCCCCCCCCCCCCCCCCCCCCCC. The molecule has 1 aliphatic rings. The van der Waals surface area contributed by atoms with Crippen LogP contribution in [0.1, 0.15) is 335 Å². The van der Waals surface area contributed by atoms with E-state index in [0.29, 0.717) is 12.8 Å². The van der Waals surface area contributed by atoms with Gasteiger partial charge in [-0.2, -0.15) is 0 Å². The summed E-state index contributed by atoms with van der Waals surface area (Å²) in [5, 5.41) is 55.0. The van der Waals surface area contributed by atoms with Crippen molar-refractivity contribution in [3.63, 3.8) is 0 Å². The summed E-state index contributed by atoms with van der Waals surface area (Å²) in [4.78, 5) is 13.2. The van der Waals surface area contributed by atoms with Gasteiger partial charge >= 0.3 is 0 Å². The Hall–Kier alpha value is -2.63. The van der Waals surface area contributed by atoms with Gasteiger partial charge in [-0.15, -0.1) is 0 Å². The molecule has 85 heavy (non-hydrogen) atoms. The maximum atomic E-state index is 13.2. The van der Waals surface area contributed by atoms with E-state index in [-0.39, 0.29) is 12.5 Å². The lowest BCUT2D eigenvalue weighted by Crippen LogP contribution is -2.60. The summed E-state index contributed by atoms with van der Waals surface area (Å²) in [5.74, 6) is -0.144. The molecule has 6 N–H and O–H groups in total. The van der Waals surface area contributed by atoms with E-state index in [9.17, 15) is 30.3 Å². The van der Waals surface area contributed by atoms with Gasteiger partial charge in [0, 0.05) is 6.42 Å². The van der Waals surface area contributed by atoms with Crippen LogP contribution in [-0.2, 0) is 14.3 Å². The first kappa shape index (κ1) is 80.4. The van der Waals surface area contributed by atoms with Crippen LogP contribution in [0.4, 0.5) is 0 Å². The van der Waals surface area contributed by atoms with Crippen LogP contribution in [0.15, 0.2) is 85.1 Å². The second-order valence-corrected chi connectivity index (χ2v) is 25.0. The molecule has 0 radical (unpaired) electrons. The maximum absolute atomic E-state index is 13.2. The summed E-state index contributed by atoms with van der Waals surface area (Å²) in [6, 6.07) is -0.726. The lowest BCUT2D eigenvalue weighted by Gasteiger charge is -2.40. The van der Waals surface area contributed by atoms with Crippen molar-refractivity contribution in [2.45, 2.75) is 378 Å². The number of amides is 1. The fourth-order valence-electron chi connectivity index (χ4n) is 11.4. The predicted molar refractivity (Wildman–Crippen MR) is 364 cm³/mol. The summed E-state index contributed by atoms with van der Waals surface area (Å²) in [6.45, 7) is 3.76. The molecule has 1 rings (SSSR count). The van der Waals surface area contributed by atoms with Gasteiger partial charge in [-0.05, 0) is 70.6 Å². The molecular weight excluding hydrogens is 1050 g/mol. The van der Waals surface area contributed by atoms with E-state index in [4.69, 9.17) is 9.47 Å². The lowest BCUT2D eigenvalue weighted by molar-refractivity contribution is -0.302. The zero-order chi connectivity index (χ0) is 61.4. The Balaban J connectivity index is 2.11. The summed E-state index contributed by atoms with van der Waals surface area (Å²) in [5.41, 5.74) is 0. The summed E-state index contributed by atoms with van der Waals surface area (Å²) >= 11 is 0. The van der Waals surface area contributed by atoms with E-state index in [0.717, 1.165) is 83.5 Å². The summed E-state index contributed by atoms with van der Waals surface area (Å²) in [6.07, 6.45) is 85.1. The normalized spacial score (nSPS) is 18.6. The van der Waals surface area contributed by atoms with Crippen molar-refractivity contribution in [3.8, 4) is 0 Å². The van der Waals surface area contributed by atoms with Gasteiger partial charge in [-0.3, -0.25) is 4.79 Å². The average Bonchev–Trinajstić information content (AvgIpc) is 3.71. The van der Waals surface area contributed by atoms with Crippen molar-refractivity contribution in [1.29, 1.82) is 0 Å². The Morgan fingerprint density at radius 2 is 0.729 bits per heavy atom. The standard InChI is InChI=1S/C76H137NO8/c1-3-5-7-9-11-13-15-17-19-21-23-25-27-29-31-32-33-34-35-36-37-38-40-42-44-46-48-50-52-54-56-58-60-62-64-66-72(80)77-69(68-84-76-75(83)74(82)73(81)71(67-78)85-76)70(79)65-63-61-59-57-55-53-51-49-47-45-43-41-39-30-28-26-24-22-20-18-16-14-12-10-8-6-4-2/h5,7,11,13,17,19,23,25,29,31,33-34,36-37,69-71,73-76,78-79,81-83H,3-4,6,8-10,12,14-16,18,20-22,24,26-28,30,32,35,38-68H2,1-2H3,(H,77,80)/b7-5-,13-11-,19-17-,25-23-,31-29-,34-33-,37-36-. The van der Waals surface area contributed by atoms with Gasteiger partial charge < -0.3 is 40.3 Å². The molecule has 1 amide bonds. The highest BCUT2D eigenvalue weighted by Gasteiger charge is 2.44. The van der Waals surface area contributed by atoms with E-state index in [1.165, 1.54) is 225 Å². The number of rotatable bonds is 63. The molecule has 0 aliphatic carbocycles. The van der Waals surface area contributed by atoms with E-state index in [1.54, 1.807) is 0 Å². The molecule has 0 bridgehead atoms. The van der Waals surface area contributed by atoms with Crippen LogP contribution in [0.2, 0.25) is 0 Å². The Bertz CT molecular complexity index is 1620. The van der Waals surface area contributed by atoms with E-state index in [2.05, 4.69) is 104 Å². The highest BCUT2D eigenvalue weighted by molar-refractivity contribution is 5.76. The van der Waals surface area contributed by atoms with E-state index >= 15 is 0 Å². The van der Waals surface area contributed by atoms with Crippen LogP contribution in [-0.4, -0.2) is 87.5 Å². The molecular formula is C76H137NO8. The fourth-order valence-corrected chi connectivity index (χ4v) is 11.4. The minimum Gasteiger partial charge on any atom is -0.394 e. The largest absolute Gasteiger partial charge is 0.394 e. The van der Waals surface area contributed by atoms with Gasteiger partial charge in [0.05, 0.1) is 25.4 Å². The number of carbonyl (C=O) groups is 1. The molecule has 0 aromatic heterocycles. The Kier molecular flexibility index (Phi) is 60.9. The molecule has 9 nitrogen and oxygen atoms in total. The molecule has 0 aromatic carbocycles. The third kappa shape index (κ3) is 53.0. The van der Waals surface area contributed by atoms with Gasteiger partial charge in [0.25, 0.3) is 0 Å². The van der Waals surface area contributed by atoms with Gasteiger partial charge in [0.1, 0.15) is 24.4 Å². The first-order chi connectivity index (χ1) is 41.8. The monoisotopic (exact) mass is 1190 g/mol. The van der Waals surface area contributed by atoms with Crippen molar-refractivity contribution >= 4 is 5.91 Å². The minimum absolute atomic E-state index is 0.139. The fraction of sp³-hybridized carbons (Fsp3) is 0.803. The van der Waals surface area contributed by atoms with Crippen LogP contribution in [0.3, 0.4) is 0 Å². The topological polar surface area (TPSA) is 149 Å². The number of aliphatic hydroxyl groups excluding tert-OH is 5. The second-order valence-electron chi connectivity index (χ2n) is 25.0. The van der Waals surface area contributed by atoms with Gasteiger partial charge in [0.2, 0.25) is 5.91 Å². The third-order valence-electron chi connectivity index (χ3n) is 17.0.